The maximum Gasteiger partial charge on any atom is 0.293 e. The van der Waals surface area contributed by atoms with Gasteiger partial charge in [0.1, 0.15) is 6.61 Å². The summed E-state index contributed by atoms with van der Waals surface area (Å²) in [6, 6.07) is 19.0. The van der Waals surface area contributed by atoms with Gasteiger partial charge < -0.3 is 9.47 Å². The molecule has 0 atom stereocenters. The summed E-state index contributed by atoms with van der Waals surface area (Å²) < 4.78 is 12.7. The molecule has 35 heavy (non-hydrogen) atoms. The van der Waals surface area contributed by atoms with Crippen molar-refractivity contribution < 1.29 is 19.1 Å². The van der Waals surface area contributed by atoms with Crippen LogP contribution in [0.3, 0.4) is 0 Å². The standard InChI is InChI=1S/C27H23ClINO4S/c1-3-33-23-13-19(12-22(29)25(23)34-16-20-9-4-5-10-21(20)28)14-24-26(31)30(27(32)35-24)15-18-8-6-7-17(2)11-18/h4-14H,3,15-16H2,1-2H3/b24-14-. The predicted molar refractivity (Wildman–Crippen MR) is 149 cm³/mol. The van der Waals surface area contributed by atoms with Gasteiger partial charge in [0.05, 0.1) is 21.6 Å². The molecule has 1 fully saturated rings. The highest BCUT2D eigenvalue weighted by molar-refractivity contribution is 14.1. The van der Waals surface area contributed by atoms with Crippen molar-refractivity contribution in [2.24, 2.45) is 0 Å². The first-order chi connectivity index (χ1) is 16.9. The molecule has 0 aliphatic carbocycles. The van der Waals surface area contributed by atoms with Gasteiger partial charge in [-0.25, -0.2) is 0 Å². The fourth-order valence-electron chi connectivity index (χ4n) is 3.62. The van der Waals surface area contributed by atoms with E-state index in [9.17, 15) is 9.59 Å². The Labute approximate surface area is 227 Å². The van der Waals surface area contributed by atoms with Crippen LogP contribution in [0.5, 0.6) is 11.5 Å². The number of amides is 2. The molecule has 180 valence electrons. The van der Waals surface area contributed by atoms with E-state index in [1.54, 1.807) is 6.08 Å². The first kappa shape index (κ1) is 25.6. The molecule has 0 saturated carbocycles. The second kappa shape index (κ2) is 11.5. The number of hydrogen-bond donors (Lipinski definition) is 0. The fourth-order valence-corrected chi connectivity index (χ4v) is 5.43. The van der Waals surface area contributed by atoms with E-state index in [-0.39, 0.29) is 17.7 Å². The van der Waals surface area contributed by atoms with Crippen LogP contribution in [-0.2, 0) is 17.9 Å². The Bertz CT molecular complexity index is 1310. The molecule has 4 rings (SSSR count). The highest BCUT2D eigenvalue weighted by Gasteiger charge is 2.35. The van der Waals surface area contributed by atoms with Gasteiger partial charge in [0.2, 0.25) is 0 Å². The number of hydrogen-bond acceptors (Lipinski definition) is 5. The van der Waals surface area contributed by atoms with E-state index in [4.69, 9.17) is 21.1 Å². The quantitative estimate of drug-likeness (QED) is 0.193. The number of halogens is 2. The highest BCUT2D eigenvalue weighted by Crippen LogP contribution is 2.38. The van der Waals surface area contributed by atoms with Crippen molar-refractivity contribution in [1.29, 1.82) is 0 Å². The van der Waals surface area contributed by atoms with Crippen LogP contribution in [0.2, 0.25) is 5.02 Å². The van der Waals surface area contributed by atoms with E-state index in [0.29, 0.717) is 34.6 Å². The molecule has 3 aromatic rings. The van der Waals surface area contributed by atoms with Crippen LogP contribution < -0.4 is 9.47 Å². The molecule has 5 nitrogen and oxygen atoms in total. The molecule has 0 radical (unpaired) electrons. The molecule has 0 spiro atoms. The number of aryl methyl sites for hydroxylation is 1. The molecule has 1 aliphatic heterocycles. The Kier molecular flexibility index (Phi) is 8.41. The second-order valence-corrected chi connectivity index (χ2v) is 10.5. The summed E-state index contributed by atoms with van der Waals surface area (Å²) in [5, 5.41) is 0.362. The minimum Gasteiger partial charge on any atom is -0.490 e. The van der Waals surface area contributed by atoms with Gasteiger partial charge in [0, 0.05) is 10.6 Å². The van der Waals surface area contributed by atoms with Crippen LogP contribution in [0.25, 0.3) is 6.08 Å². The van der Waals surface area contributed by atoms with Crippen LogP contribution >= 0.6 is 46.0 Å². The largest absolute Gasteiger partial charge is 0.490 e. The molecular weight excluding hydrogens is 597 g/mol. The Morgan fingerprint density at radius 2 is 1.86 bits per heavy atom. The van der Waals surface area contributed by atoms with Crippen molar-refractivity contribution in [1.82, 2.24) is 4.90 Å². The summed E-state index contributed by atoms with van der Waals surface area (Å²) in [7, 11) is 0. The zero-order chi connectivity index (χ0) is 24.9. The fraction of sp³-hybridized carbons (Fsp3) is 0.185. The summed E-state index contributed by atoms with van der Waals surface area (Å²) in [5.41, 5.74) is 3.63. The molecule has 1 saturated heterocycles. The van der Waals surface area contributed by atoms with E-state index in [2.05, 4.69) is 22.6 Å². The number of rotatable bonds is 8. The van der Waals surface area contributed by atoms with Gasteiger partial charge in [-0.2, -0.15) is 0 Å². The number of thioether (sulfide) groups is 1. The van der Waals surface area contributed by atoms with Crippen LogP contribution in [0, 0.1) is 10.5 Å². The number of benzene rings is 3. The minimum atomic E-state index is -0.298. The smallest absolute Gasteiger partial charge is 0.293 e. The molecule has 0 aromatic heterocycles. The summed E-state index contributed by atoms with van der Waals surface area (Å²) >= 11 is 9.39. The SMILES string of the molecule is CCOc1cc(/C=C2\SC(=O)N(Cc3cccc(C)c3)C2=O)cc(I)c1OCc1ccccc1Cl. The Morgan fingerprint density at radius 3 is 2.60 bits per heavy atom. The normalized spacial score (nSPS) is 14.6. The molecule has 8 heteroatoms. The monoisotopic (exact) mass is 619 g/mol. The van der Waals surface area contributed by atoms with E-state index in [1.165, 1.54) is 4.90 Å². The Morgan fingerprint density at radius 1 is 1.06 bits per heavy atom. The van der Waals surface area contributed by atoms with Gasteiger partial charge in [0.25, 0.3) is 11.1 Å². The van der Waals surface area contributed by atoms with Crippen LogP contribution in [0.1, 0.15) is 29.2 Å². The van der Waals surface area contributed by atoms with Gasteiger partial charge >= 0.3 is 0 Å². The van der Waals surface area contributed by atoms with Gasteiger partial charge in [-0.05, 0) is 83.6 Å². The number of carbonyl (C=O) groups excluding carboxylic acids is 2. The van der Waals surface area contributed by atoms with E-state index >= 15 is 0 Å². The van der Waals surface area contributed by atoms with Gasteiger partial charge in [0.15, 0.2) is 11.5 Å². The first-order valence-electron chi connectivity index (χ1n) is 11.0. The van der Waals surface area contributed by atoms with Crippen LogP contribution in [0.4, 0.5) is 4.79 Å². The van der Waals surface area contributed by atoms with Crippen molar-refractivity contribution in [3.8, 4) is 11.5 Å². The third kappa shape index (κ3) is 6.20. The summed E-state index contributed by atoms with van der Waals surface area (Å²) in [4.78, 5) is 27.3. The topological polar surface area (TPSA) is 55.8 Å². The summed E-state index contributed by atoms with van der Waals surface area (Å²) in [6.45, 7) is 4.88. The third-order valence-electron chi connectivity index (χ3n) is 5.26. The van der Waals surface area contributed by atoms with Gasteiger partial charge in [-0.15, -0.1) is 0 Å². The zero-order valence-electron chi connectivity index (χ0n) is 19.2. The molecule has 2 amide bonds. The summed E-state index contributed by atoms with van der Waals surface area (Å²) in [5.74, 6) is 0.877. The Hall–Kier alpha value is -2.49. The van der Waals surface area contributed by atoms with Crippen molar-refractivity contribution in [2.75, 3.05) is 6.61 Å². The lowest BCUT2D eigenvalue weighted by molar-refractivity contribution is -0.123. The molecule has 1 heterocycles. The molecule has 0 bridgehead atoms. The number of carbonyl (C=O) groups is 2. The molecule has 0 N–H and O–H groups in total. The second-order valence-electron chi connectivity index (χ2n) is 7.90. The lowest BCUT2D eigenvalue weighted by Gasteiger charge is -2.15. The third-order valence-corrected chi connectivity index (χ3v) is 7.33. The number of nitrogens with zero attached hydrogens (tertiary/aromatic N) is 1. The molecule has 1 aliphatic rings. The lowest BCUT2D eigenvalue weighted by atomic mass is 10.1. The number of ether oxygens (including phenoxy) is 2. The first-order valence-corrected chi connectivity index (χ1v) is 13.3. The van der Waals surface area contributed by atoms with Crippen LogP contribution in [0.15, 0.2) is 65.6 Å². The maximum absolute atomic E-state index is 13.0. The summed E-state index contributed by atoms with van der Waals surface area (Å²) in [6.07, 6.45) is 1.73. The average Bonchev–Trinajstić information content (AvgIpc) is 3.07. The van der Waals surface area contributed by atoms with Gasteiger partial charge in [-0.3, -0.25) is 14.5 Å². The molecular formula is C27H23ClINO4S. The highest BCUT2D eigenvalue weighted by atomic mass is 127. The van der Waals surface area contributed by atoms with Crippen molar-refractivity contribution >= 4 is 63.2 Å². The van der Waals surface area contributed by atoms with Crippen molar-refractivity contribution in [3.63, 3.8) is 0 Å². The van der Waals surface area contributed by atoms with Crippen molar-refractivity contribution in [3.05, 3.63) is 96.4 Å². The lowest BCUT2D eigenvalue weighted by Crippen LogP contribution is -2.27. The van der Waals surface area contributed by atoms with E-state index in [1.807, 2.05) is 74.5 Å². The van der Waals surface area contributed by atoms with E-state index in [0.717, 1.165) is 37.6 Å². The van der Waals surface area contributed by atoms with E-state index < -0.39 is 0 Å². The predicted octanol–water partition coefficient (Wildman–Crippen LogP) is 7.47. The minimum absolute atomic E-state index is 0.250. The maximum atomic E-state index is 13.0. The van der Waals surface area contributed by atoms with Crippen molar-refractivity contribution in [2.45, 2.75) is 27.0 Å². The molecule has 0 unspecified atom stereocenters. The average molecular weight is 620 g/mol. The Balaban J connectivity index is 1.56. The molecule has 3 aromatic carbocycles. The zero-order valence-corrected chi connectivity index (χ0v) is 22.9. The van der Waals surface area contributed by atoms with Crippen LogP contribution in [-0.4, -0.2) is 22.7 Å². The number of imide groups is 1. The van der Waals surface area contributed by atoms with Gasteiger partial charge in [-0.1, -0.05) is 59.6 Å².